The molecule has 0 fully saturated rings. The van der Waals surface area contributed by atoms with E-state index in [-0.39, 0.29) is 18.3 Å². The summed E-state index contributed by atoms with van der Waals surface area (Å²) in [7, 11) is 0. The van der Waals surface area contributed by atoms with E-state index in [1.807, 2.05) is 24.3 Å². The van der Waals surface area contributed by atoms with E-state index in [4.69, 9.17) is 0 Å². The van der Waals surface area contributed by atoms with Gasteiger partial charge >= 0.3 is 0 Å². The van der Waals surface area contributed by atoms with Gasteiger partial charge in [0.05, 0.1) is 6.61 Å². The number of aliphatic hydroxyl groups is 1. The Morgan fingerprint density at radius 3 is 2.39 bits per heavy atom. The second-order valence-corrected chi connectivity index (χ2v) is 4.66. The van der Waals surface area contributed by atoms with Gasteiger partial charge in [0.15, 0.2) is 0 Å². The molecule has 0 aliphatic carbocycles. The lowest BCUT2D eigenvalue weighted by atomic mass is 9.92. The topological polar surface area (TPSA) is 40.5 Å². The Morgan fingerprint density at radius 2 is 1.78 bits per heavy atom. The van der Waals surface area contributed by atoms with Crippen LogP contribution in [0.15, 0.2) is 48.5 Å². The molecule has 2 heteroatoms. The van der Waals surface area contributed by atoms with Crippen LogP contribution in [0.3, 0.4) is 0 Å². The van der Waals surface area contributed by atoms with E-state index in [1.54, 1.807) is 12.1 Å². The molecule has 0 aliphatic rings. The van der Waals surface area contributed by atoms with Crippen LogP contribution in [0.4, 0.5) is 0 Å². The molecular weight excluding hydrogens is 224 g/mol. The molecule has 2 aromatic carbocycles. The minimum atomic E-state index is 0.106. The number of aliphatic hydroxyl groups excluding tert-OH is 1. The van der Waals surface area contributed by atoms with E-state index in [0.717, 1.165) is 17.5 Å². The zero-order valence-electron chi connectivity index (χ0n) is 10.5. The average molecular weight is 242 g/mol. The van der Waals surface area contributed by atoms with E-state index in [2.05, 4.69) is 19.1 Å². The molecule has 0 saturated heterocycles. The Labute approximate surface area is 108 Å². The molecule has 2 N–H and O–H groups in total. The highest BCUT2D eigenvalue weighted by Crippen LogP contribution is 2.22. The van der Waals surface area contributed by atoms with Crippen molar-refractivity contribution in [2.75, 3.05) is 6.61 Å². The van der Waals surface area contributed by atoms with Crippen molar-refractivity contribution in [2.45, 2.75) is 19.3 Å². The van der Waals surface area contributed by atoms with Crippen LogP contribution in [0.5, 0.6) is 5.75 Å². The molecule has 0 aromatic heterocycles. The summed E-state index contributed by atoms with van der Waals surface area (Å²) in [6.45, 7) is 2.18. The Hall–Kier alpha value is -1.80. The molecule has 2 aromatic rings. The van der Waals surface area contributed by atoms with Crippen molar-refractivity contribution in [1.82, 2.24) is 0 Å². The van der Waals surface area contributed by atoms with Gasteiger partial charge in [-0.05, 0) is 36.6 Å². The summed E-state index contributed by atoms with van der Waals surface area (Å²) in [4.78, 5) is 0. The highest BCUT2D eigenvalue weighted by Gasteiger charge is 2.11. The van der Waals surface area contributed by atoms with Gasteiger partial charge < -0.3 is 10.2 Å². The Bertz CT molecular complexity index is 503. The maximum absolute atomic E-state index is 9.54. The molecule has 1 unspecified atom stereocenters. The summed E-state index contributed by atoms with van der Waals surface area (Å²) in [5.41, 5.74) is 3.48. The summed E-state index contributed by atoms with van der Waals surface area (Å²) < 4.78 is 0. The van der Waals surface area contributed by atoms with Crippen LogP contribution in [0.1, 0.15) is 22.6 Å². The zero-order valence-corrected chi connectivity index (χ0v) is 10.5. The first-order chi connectivity index (χ1) is 8.69. The van der Waals surface area contributed by atoms with Crippen LogP contribution in [0, 0.1) is 6.92 Å². The second-order valence-electron chi connectivity index (χ2n) is 4.66. The Kier molecular flexibility index (Phi) is 4.00. The lowest BCUT2D eigenvalue weighted by molar-refractivity contribution is 0.264. The van der Waals surface area contributed by atoms with Gasteiger partial charge in [-0.25, -0.2) is 0 Å². The molecule has 0 bridgehead atoms. The third kappa shape index (κ3) is 3.11. The zero-order chi connectivity index (χ0) is 13.0. The molecule has 0 heterocycles. The summed E-state index contributed by atoms with van der Waals surface area (Å²) >= 11 is 0. The lowest BCUT2D eigenvalue weighted by Crippen LogP contribution is -2.07. The molecule has 1 atom stereocenters. The van der Waals surface area contributed by atoms with E-state index in [0.29, 0.717) is 0 Å². The monoisotopic (exact) mass is 242 g/mol. The third-order valence-electron chi connectivity index (χ3n) is 3.15. The molecule has 0 radical (unpaired) electrons. The highest BCUT2D eigenvalue weighted by atomic mass is 16.3. The maximum Gasteiger partial charge on any atom is 0.115 e. The number of phenolic OH excluding ortho intramolecular Hbond substituents is 1. The van der Waals surface area contributed by atoms with Crippen LogP contribution < -0.4 is 0 Å². The number of hydrogen-bond donors (Lipinski definition) is 2. The van der Waals surface area contributed by atoms with Gasteiger partial charge in [0.2, 0.25) is 0 Å². The average Bonchev–Trinajstić information content (AvgIpc) is 2.38. The number of aromatic hydroxyl groups is 1. The third-order valence-corrected chi connectivity index (χ3v) is 3.15. The van der Waals surface area contributed by atoms with Crippen molar-refractivity contribution in [3.8, 4) is 5.75 Å². The van der Waals surface area contributed by atoms with Gasteiger partial charge in [-0.15, -0.1) is 0 Å². The fourth-order valence-electron chi connectivity index (χ4n) is 2.13. The van der Waals surface area contributed by atoms with Crippen molar-refractivity contribution in [1.29, 1.82) is 0 Å². The van der Waals surface area contributed by atoms with E-state index in [9.17, 15) is 10.2 Å². The van der Waals surface area contributed by atoms with Crippen molar-refractivity contribution in [2.24, 2.45) is 0 Å². The Balaban J connectivity index is 2.17. The predicted octanol–water partition coefficient (Wildman–Crippen LogP) is 3.02. The molecule has 2 rings (SSSR count). The van der Waals surface area contributed by atoms with Crippen molar-refractivity contribution in [3.05, 3.63) is 65.2 Å². The number of benzene rings is 2. The first-order valence-electron chi connectivity index (χ1n) is 6.14. The molecule has 94 valence electrons. The quantitative estimate of drug-likeness (QED) is 0.865. The number of hydrogen-bond acceptors (Lipinski definition) is 2. The van der Waals surface area contributed by atoms with Crippen LogP contribution in [0.25, 0.3) is 0 Å². The van der Waals surface area contributed by atoms with Gasteiger partial charge in [0.25, 0.3) is 0 Å². The molecule has 0 spiro atoms. The smallest absolute Gasteiger partial charge is 0.115 e. The second kappa shape index (κ2) is 5.69. The van der Waals surface area contributed by atoms with Crippen LogP contribution in [-0.4, -0.2) is 16.8 Å². The standard InChI is InChI=1S/C16H18O2/c1-12-3-2-4-14(9-12)15(11-17)10-13-5-7-16(18)8-6-13/h2-9,15,17-18H,10-11H2,1H3. The minimum Gasteiger partial charge on any atom is -0.508 e. The molecule has 18 heavy (non-hydrogen) atoms. The largest absolute Gasteiger partial charge is 0.508 e. The van der Waals surface area contributed by atoms with Crippen molar-refractivity contribution < 1.29 is 10.2 Å². The van der Waals surface area contributed by atoms with Gasteiger partial charge in [0, 0.05) is 5.92 Å². The summed E-state index contributed by atoms with van der Waals surface area (Å²) in [6.07, 6.45) is 0.778. The molecule has 2 nitrogen and oxygen atoms in total. The molecule has 0 aliphatic heterocycles. The van der Waals surface area contributed by atoms with Crippen LogP contribution >= 0.6 is 0 Å². The molecular formula is C16H18O2. The summed E-state index contributed by atoms with van der Waals surface area (Å²) in [5.74, 6) is 0.379. The summed E-state index contributed by atoms with van der Waals surface area (Å²) in [5, 5.41) is 18.8. The van der Waals surface area contributed by atoms with Gasteiger partial charge in [0.1, 0.15) is 5.75 Å². The number of rotatable bonds is 4. The fourth-order valence-corrected chi connectivity index (χ4v) is 2.13. The maximum atomic E-state index is 9.54. The number of phenols is 1. The van der Waals surface area contributed by atoms with Crippen LogP contribution in [0.2, 0.25) is 0 Å². The molecule has 0 saturated carbocycles. The van der Waals surface area contributed by atoms with Gasteiger partial charge in [-0.1, -0.05) is 42.0 Å². The first kappa shape index (κ1) is 12.7. The fraction of sp³-hybridized carbons (Fsp3) is 0.250. The SMILES string of the molecule is Cc1cccc(C(CO)Cc2ccc(O)cc2)c1. The first-order valence-corrected chi connectivity index (χ1v) is 6.14. The highest BCUT2D eigenvalue weighted by molar-refractivity contribution is 5.30. The van der Waals surface area contributed by atoms with E-state index < -0.39 is 0 Å². The van der Waals surface area contributed by atoms with Crippen LogP contribution in [-0.2, 0) is 6.42 Å². The van der Waals surface area contributed by atoms with E-state index in [1.165, 1.54) is 5.56 Å². The van der Waals surface area contributed by atoms with Gasteiger partial charge in [-0.2, -0.15) is 0 Å². The number of aryl methyl sites for hydroxylation is 1. The lowest BCUT2D eigenvalue weighted by Gasteiger charge is -2.15. The predicted molar refractivity (Wildman–Crippen MR) is 72.8 cm³/mol. The summed E-state index contributed by atoms with van der Waals surface area (Å²) in [6, 6.07) is 15.4. The van der Waals surface area contributed by atoms with Crippen molar-refractivity contribution in [3.63, 3.8) is 0 Å². The van der Waals surface area contributed by atoms with Crippen molar-refractivity contribution >= 4 is 0 Å². The molecule has 0 amide bonds. The van der Waals surface area contributed by atoms with E-state index >= 15 is 0 Å². The van der Waals surface area contributed by atoms with Gasteiger partial charge in [-0.3, -0.25) is 0 Å². The minimum absolute atomic E-state index is 0.106. The Morgan fingerprint density at radius 1 is 1.06 bits per heavy atom. The normalized spacial score (nSPS) is 12.3.